The maximum atomic E-state index is 12.4. The van der Waals surface area contributed by atoms with Gasteiger partial charge in [0, 0.05) is 11.8 Å². The van der Waals surface area contributed by atoms with E-state index in [1.807, 2.05) is 5.94 Å². The zero-order valence-corrected chi connectivity index (χ0v) is 17.9. The molecule has 0 fully saturated rings. The largest absolute Gasteiger partial charge is 0.573 e. The molecular weight excluding hydrogens is 473 g/mol. The summed E-state index contributed by atoms with van der Waals surface area (Å²) >= 11 is 6.02. The van der Waals surface area contributed by atoms with E-state index in [2.05, 4.69) is 26.4 Å². The highest BCUT2D eigenvalue weighted by molar-refractivity contribution is 6.30. The van der Waals surface area contributed by atoms with Gasteiger partial charge >= 0.3 is 6.36 Å². The van der Waals surface area contributed by atoms with E-state index in [1.54, 1.807) is 24.3 Å². The Morgan fingerprint density at radius 1 is 1.21 bits per heavy atom. The molecule has 34 heavy (non-hydrogen) atoms. The molecule has 2 aromatic carbocycles. The number of hydrogen-bond acceptors (Lipinski definition) is 7. The number of halogens is 4. The Bertz CT molecular complexity index is 1320. The fraction of sp³-hybridized carbons (Fsp3) is 0.136. The summed E-state index contributed by atoms with van der Waals surface area (Å²) < 4.78 is 42.5. The van der Waals surface area contributed by atoms with Crippen molar-refractivity contribution in [1.82, 2.24) is 14.9 Å². The van der Waals surface area contributed by atoms with Crippen LogP contribution in [0.15, 0.2) is 71.6 Å². The lowest BCUT2D eigenvalue weighted by atomic mass is 9.95. The van der Waals surface area contributed by atoms with E-state index in [1.165, 1.54) is 34.3 Å². The summed E-state index contributed by atoms with van der Waals surface area (Å²) in [6, 6.07) is 13.0. The molecule has 2 heterocycles. The van der Waals surface area contributed by atoms with Crippen LogP contribution in [-0.2, 0) is 4.79 Å². The van der Waals surface area contributed by atoms with Crippen molar-refractivity contribution in [3.05, 3.63) is 82.6 Å². The van der Waals surface area contributed by atoms with Crippen molar-refractivity contribution in [3.8, 4) is 11.8 Å². The van der Waals surface area contributed by atoms with Gasteiger partial charge in [-0.25, -0.2) is 9.91 Å². The van der Waals surface area contributed by atoms with Crippen LogP contribution in [0.5, 0.6) is 5.75 Å². The van der Waals surface area contributed by atoms with E-state index in [4.69, 9.17) is 11.6 Å². The molecule has 4 rings (SSSR count). The normalized spacial score (nSPS) is 15.9. The highest BCUT2D eigenvalue weighted by atomic mass is 35.5. The van der Waals surface area contributed by atoms with Crippen LogP contribution in [0.3, 0.4) is 0 Å². The van der Waals surface area contributed by atoms with E-state index in [-0.39, 0.29) is 17.9 Å². The predicted molar refractivity (Wildman–Crippen MR) is 117 cm³/mol. The van der Waals surface area contributed by atoms with E-state index in [0.717, 1.165) is 12.1 Å². The number of benzene rings is 2. The average Bonchev–Trinajstić information content (AvgIpc) is 3.24. The number of nitriles is 1. The molecule has 172 valence electrons. The van der Waals surface area contributed by atoms with E-state index in [0.29, 0.717) is 27.5 Å². The fourth-order valence-corrected chi connectivity index (χ4v) is 3.51. The van der Waals surface area contributed by atoms with Gasteiger partial charge in [0.2, 0.25) is 0 Å². The summed E-state index contributed by atoms with van der Waals surface area (Å²) in [6.45, 7) is -0.00606. The molecule has 0 saturated heterocycles. The van der Waals surface area contributed by atoms with Crippen LogP contribution < -0.4 is 10.2 Å². The van der Waals surface area contributed by atoms with E-state index < -0.39 is 12.4 Å². The Morgan fingerprint density at radius 2 is 1.97 bits per heavy atom. The van der Waals surface area contributed by atoms with Gasteiger partial charge < -0.3 is 4.74 Å². The molecule has 0 radical (unpaired) electrons. The van der Waals surface area contributed by atoms with Crippen molar-refractivity contribution in [2.24, 2.45) is 5.10 Å². The number of nitrogens with zero attached hydrogens (tertiary/aromatic N) is 5. The Hall–Kier alpha value is -4.26. The van der Waals surface area contributed by atoms with Crippen LogP contribution >= 0.6 is 11.6 Å². The predicted octanol–water partition coefficient (Wildman–Crippen LogP) is 4.35. The summed E-state index contributed by atoms with van der Waals surface area (Å²) in [7, 11) is 0. The summed E-state index contributed by atoms with van der Waals surface area (Å²) in [5.74, 6) is 1.55. The van der Waals surface area contributed by atoms with Gasteiger partial charge in [-0.1, -0.05) is 23.7 Å². The molecule has 1 atom stereocenters. The van der Waals surface area contributed by atoms with Gasteiger partial charge in [0.05, 0.1) is 46.4 Å². The zero-order valence-electron chi connectivity index (χ0n) is 17.1. The second-order valence-corrected chi connectivity index (χ2v) is 7.52. The van der Waals surface area contributed by atoms with Crippen LogP contribution in [0.4, 0.5) is 18.9 Å². The number of hydrazine groups is 1. The monoisotopic (exact) mass is 486 g/mol. The first-order valence-electron chi connectivity index (χ1n) is 9.68. The van der Waals surface area contributed by atoms with Gasteiger partial charge in [0.15, 0.2) is 0 Å². The van der Waals surface area contributed by atoms with Crippen molar-refractivity contribution in [2.45, 2.75) is 12.4 Å². The SMILES string of the molecule is N#Cc1cccc(C2=NN(Nc3ccc(OC(F)(F)F)cc3)CC(=C=O)C2n2cc(Cl)cn2)c1. The number of anilines is 1. The zero-order chi connectivity index (χ0) is 24.3. The molecule has 8 nitrogen and oxygen atoms in total. The van der Waals surface area contributed by atoms with Gasteiger partial charge in [-0.05, 0) is 36.4 Å². The third kappa shape index (κ3) is 5.20. The maximum Gasteiger partial charge on any atom is 0.573 e. The van der Waals surface area contributed by atoms with Gasteiger partial charge in [0.1, 0.15) is 17.7 Å². The topological polar surface area (TPSA) is 95.5 Å². The summed E-state index contributed by atoms with van der Waals surface area (Å²) in [4.78, 5) is 11.9. The highest BCUT2D eigenvalue weighted by Gasteiger charge is 2.33. The first-order chi connectivity index (χ1) is 16.3. The van der Waals surface area contributed by atoms with Crippen LogP contribution in [-0.4, -0.2) is 39.5 Å². The van der Waals surface area contributed by atoms with Crippen LogP contribution in [0.2, 0.25) is 5.02 Å². The number of hydrazone groups is 1. The molecule has 1 aliphatic rings. The number of carbonyl (C=O) groups excluding carboxylic acids is 1. The molecule has 1 aromatic heterocycles. The number of aromatic nitrogens is 2. The fourth-order valence-electron chi connectivity index (χ4n) is 3.37. The minimum absolute atomic E-state index is 0.00606. The van der Waals surface area contributed by atoms with Crippen molar-refractivity contribution in [3.63, 3.8) is 0 Å². The minimum atomic E-state index is -4.80. The number of alkyl halides is 3. The van der Waals surface area contributed by atoms with Gasteiger partial charge in [-0.15, -0.1) is 13.2 Å². The maximum absolute atomic E-state index is 12.4. The lowest BCUT2D eigenvalue weighted by molar-refractivity contribution is -0.274. The molecule has 0 amide bonds. The third-order valence-corrected chi connectivity index (χ3v) is 4.93. The standard InChI is InChI=1S/C22H14ClF3N6O2/c23-17-10-28-31(12-17)21-16(13-33)11-32(30-20(21)15-3-1-2-14(8-15)9-27)29-18-4-6-19(7-5-18)34-22(24,25)26/h1-8,10,12,21,29H,11H2. The molecule has 12 heteroatoms. The van der Waals surface area contributed by atoms with Crippen molar-refractivity contribution in [2.75, 3.05) is 12.0 Å². The second-order valence-electron chi connectivity index (χ2n) is 7.09. The quantitative estimate of drug-likeness (QED) is 0.539. The number of ether oxygens (including phenoxy) is 1. The van der Waals surface area contributed by atoms with Crippen molar-refractivity contribution < 1.29 is 22.7 Å². The Morgan fingerprint density at radius 3 is 2.59 bits per heavy atom. The van der Waals surface area contributed by atoms with Crippen molar-refractivity contribution >= 4 is 28.9 Å². The lowest BCUT2D eigenvalue weighted by Crippen LogP contribution is -2.39. The molecule has 1 unspecified atom stereocenters. The molecule has 1 aliphatic heterocycles. The van der Waals surface area contributed by atoms with Crippen LogP contribution in [0.1, 0.15) is 17.2 Å². The van der Waals surface area contributed by atoms with E-state index in [9.17, 15) is 23.2 Å². The lowest BCUT2D eigenvalue weighted by Gasteiger charge is -2.32. The summed E-state index contributed by atoms with van der Waals surface area (Å²) in [5, 5.41) is 19.8. The Balaban J connectivity index is 1.70. The first-order valence-corrected chi connectivity index (χ1v) is 10.1. The molecule has 1 N–H and O–H groups in total. The van der Waals surface area contributed by atoms with Gasteiger partial charge in [-0.3, -0.25) is 10.1 Å². The number of rotatable bonds is 5. The Labute approximate surface area is 196 Å². The summed E-state index contributed by atoms with van der Waals surface area (Å²) in [6.07, 6.45) is -1.84. The molecule has 0 bridgehead atoms. The van der Waals surface area contributed by atoms with Gasteiger partial charge in [0.25, 0.3) is 0 Å². The highest BCUT2D eigenvalue weighted by Crippen LogP contribution is 2.30. The third-order valence-electron chi connectivity index (χ3n) is 4.74. The van der Waals surface area contributed by atoms with Crippen LogP contribution in [0.25, 0.3) is 0 Å². The van der Waals surface area contributed by atoms with Crippen molar-refractivity contribution in [1.29, 1.82) is 5.26 Å². The first kappa shape index (κ1) is 22.9. The molecule has 3 aromatic rings. The molecular formula is C22H14ClF3N6O2. The van der Waals surface area contributed by atoms with E-state index >= 15 is 0 Å². The molecule has 0 spiro atoms. The number of nitrogens with one attached hydrogen (secondary N) is 1. The Kier molecular flexibility index (Phi) is 6.27. The molecule has 0 aliphatic carbocycles. The minimum Gasteiger partial charge on any atom is -0.406 e. The van der Waals surface area contributed by atoms with Gasteiger partial charge in [-0.2, -0.15) is 15.5 Å². The second kappa shape index (κ2) is 9.31. The summed E-state index contributed by atoms with van der Waals surface area (Å²) in [5.41, 5.74) is 4.92. The molecule has 0 saturated carbocycles. The average molecular weight is 487 g/mol. The number of hydrogen-bond donors (Lipinski definition) is 1. The van der Waals surface area contributed by atoms with Crippen LogP contribution in [0, 0.1) is 11.3 Å². The smallest absolute Gasteiger partial charge is 0.406 e.